The summed E-state index contributed by atoms with van der Waals surface area (Å²) in [7, 11) is 1.64. The smallest absolute Gasteiger partial charge is 0.257 e. The van der Waals surface area contributed by atoms with Gasteiger partial charge in [0.2, 0.25) is 5.91 Å². The second kappa shape index (κ2) is 5.40. The van der Waals surface area contributed by atoms with Crippen LogP contribution < -0.4 is 10.6 Å². The summed E-state index contributed by atoms with van der Waals surface area (Å²) in [5.74, 6) is -0.242. The molecule has 0 aliphatic carbocycles. The van der Waals surface area contributed by atoms with Crippen molar-refractivity contribution in [2.45, 2.75) is 13.0 Å². The van der Waals surface area contributed by atoms with Crippen LogP contribution in [0.4, 0.5) is 14.5 Å². The molecule has 0 saturated heterocycles. The van der Waals surface area contributed by atoms with Gasteiger partial charge in [0.1, 0.15) is 6.54 Å². The summed E-state index contributed by atoms with van der Waals surface area (Å²) >= 11 is 0. The maximum Gasteiger partial charge on any atom is 0.257 e. The number of nitrogens with one attached hydrogen (secondary N) is 2. The van der Waals surface area contributed by atoms with E-state index in [4.69, 9.17) is 0 Å². The topological polar surface area (TPSA) is 59.0 Å². The Morgan fingerprint density at radius 1 is 1.67 bits per heavy atom. The molecule has 0 spiro atoms. The van der Waals surface area contributed by atoms with Gasteiger partial charge in [-0.1, -0.05) is 0 Å². The van der Waals surface area contributed by atoms with Crippen molar-refractivity contribution in [1.29, 1.82) is 0 Å². The minimum Gasteiger partial charge on any atom is -0.322 e. The Bertz CT molecular complexity index is 326. The molecule has 1 amide bonds. The normalized spacial score (nSPS) is 10.7. The highest BCUT2D eigenvalue weighted by atomic mass is 19.3. The number of hydrogen-bond acceptors (Lipinski definition) is 3. The number of halogens is 2. The number of alkyl halides is 2. The molecule has 0 saturated carbocycles. The van der Waals surface area contributed by atoms with Gasteiger partial charge in [-0.05, 0) is 7.05 Å². The Morgan fingerprint density at radius 3 is 3.00 bits per heavy atom. The number of nitrogens with zero attached hydrogens (tertiary/aromatic N) is 2. The van der Waals surface area contributed by atoms with Crippen LogP contribution in [0.3, 0.4) is 0 Å². The van der Waals surface area contributed by atoms with Crippen molar-refractivity contribution >= 4 is 11.6 Å². The summed E-state index contributed by atoms with van der Waals surface area (Å²) in [6.07, 6.45) is 0.237. The minimum absolute atomic E-state index is 0.167. The highest BCUT2D eigenvalue weighted by Crippen LogP contribution is 2.06. The van der Waals surface area contributed by atoms with Crippen molar-refractivity contribution in [3.63, 3.8) is 0 Å². The molecule has 1 rings (SSSR count). The van der Waals surface area contributed by atoms with Gasteiger partial charge in [0.05, 0.1) is 18.4 Å². The number of carbonyl (C=O) groups excluding carboxylic acids is 1. The van der Waals surface area contributed by atoms with Gasteiger partial charge in [-0.15, -0.1) is 0 Å². The second-order valence-corrected chi connectivity index (χ2v) is 2.92. The number of rotatable bonds is 5. The zero-order chi connectivity index (χ0) is 11.3. The third-order valence-corrected chi connectivity index (χ3v) is 1.58. The highest BCUT2D eigenvalue weighted by molar-refractivity contribution is 5.91. The summed E-state index contributed by atoms with van der Waals surface area (Å²) in [5, 5.41) is 8.85. The predicted molar refractivity (Wildman–Crippen MR) is 50.8 cm³/mol. The van der Waals surface area contributed by atoms with Gasteiger partial charge in [-0.25, -0.2) is 8.78 Å². The molecule has 0 aromatic carbocycles. The molecule has 0 unspecified atom stereocenters. The zero-order valence-corrected chi connectivity index (χ0v) is 8.20. The molecular weight excluding hydrogens is 206 g/mol. The van der Waals surface area contributed by atoms with Gasteiger partial charge < -0.3 is 10.6 Å². The Balaban J connectivity index is 2.49. The van der Waals surface area contributed by atoms with Gasteiger partial charge in [0, 0.05) is 6.20 Å². The molecular formula is C8H12F2N4O. The lowest BCUT2D eigenvalue weighted by Gasteiger charge is -2.00. The number of aromatic nitrogens is 2. The SMILES string of the molecule is CNCC(=O)Nc1cnn(CC(F)F)c1. The number of likely N-dealkylation sites (N-methyl/N-ethyl adjacent to an activating group) is 1. The van der Waals surface area contributed by atoms with Gasteiger partial charge in [-0.3, -0.25) is 9.48 Å². The van der Waals surface area contributed by atoms with Crippen LogP contribution in [0.5, 0.6) is 0 Å². The van der Waals surface area contributed by atoms with E-state index >= 15 is 0 Å². The summed E-state index contributed by atoms with van der Waals surface area (Å²) in [6.45, 7) is -0.304. The van der Waals surface area contributed by atoms with Crippen LogP contribution in [-0.4, -0.2) is 35.7 Å². The molecule has 0 aliphatic heterocycles. The van der Waals surface area contributed by atoms with Crippen LogP contribution in [0.2, 0.25) is 0 Å². The van der Waals surface area contributed by atoms with E-state index in [2.05, 4.69) is 15.7 Å². The molecule has 0 radical (unpaired) electrons. The molecule has 1 aromatic heterocycles. The lowest BCUT2D eigenvalue weighted by atomic mass is 10.5. The Labute approximate surface area is 85.5 Å². The predicted octanol–water partition coefficient (Wildman–Crippen LogP) is 0.306. The zero-order valence-electron chi connectivity index (χ0n) is 8.20. The quantitative estimate of drug-likeness (QED) is 0.747. The number of hydrogen-bond donors (Lipinski definition) is 2. The first-order chi connectivity index (χ1) is 7.11. The van der Waals surface area contributed by atoms with E-state index in [1.165, 1.54) is 12.4 Å². The Morgan fingerprint density at radius 2 is 2.40 bits per heavy atom. The molecule has 0 aliphatic rings. The van der Waals surface area contributed by atoms with E-state index < -0.39 is 13.0 Å². The number of carbonyl (C=O) groups is 1. The van der Waals surface area contributed by atoms with Gasteiger partial charge >= 0.3 is 0 Å². The summed E-state index contributed by atoms with van der Waals surface area (Å²) in [5.41, 5.74) is 0.413. The van der Waals surface area contributed by atoms with Crippen LogP contribution in [0.1, 0.15) is 0 Å². The monoisotopic (exact) mass is 218 g/mol. The fourth-order valence-electron chi connectivity index (χ4n) is 1.04. The fraction of sp³-hybridized carbons (Fsp3) is 0.500. The lowest BCUT2D eigenvalue weighted by Crippen LogP contribution is -2.24. The molecule has 7 heteroatoms. The van der Waals surface area contributed by atoms with Crippen LogP contribution in [0.15, 0.2) is 12.4 Å². The average molecular weight is 218 g/mol. The van der Waals surface area contributed by atoms with Crippen molar-refractivity contribution in [2.24, 2.45) is 0 Å². The van der Waals surface area contributed by atoms with Crippen molar-refractivity contribution in [3.8, 4) is 0 Å². The van der Waals surface area contributed by atoms with E-state index in [-0.39, 0.29) is 12.5 Å². The average Bonchev–Trinajstić information content (AvgIpc) is 2.51. The molecule has 0 fully saturated rings. The van der Waals surface area contributed by atoms with Crippen molar-refractivity contribution in [2.75, 3.05) is 18.9 Å². The largest absolute Gasteiger partial charge is 0.322 e. The van der Waals surface area contributed by atoms with Crippen LogP contribution in [0, 0.1) is 0 Å². The summed E-state index contributed by atoms with van der Waals surface area (Å²) in [4.78, 5) is 11.1. The Hall–Kier alpha value is -1.50. The lowest BCUT2D eigenvalue weighted by molar-refractivity contribution is -0.115. The second-order valence-electron chi connectivity index (χ2n) is 2.92. The van der Waals surface area contributed by atoms with Crippen LogP contribution in [-0.2, 0) is 11.3 Å². The third kappa shape index (κ3) is 4.03. The van der Waals surface area contributed by atoms with Crippen LogP contribution >= 0.6 is 0 Å². The number of anilines is 1. The standard InChI is InChI=1S/C8H12F2N4O/c1-11-3-8(15)13-6-2-12-14(4-6)5-7(9)10/h2,4,7,11H,3,5H2,1H3,(H,13,15). The van der Waals surface area contributed by atoms with Gasteiger partial charge in [-0.2, -0.15) is 5.10 Å². The van der Waals surface area contributed by atoms with Crippen LogP contribution in [0.25, 0.3) is 0 Å². The molecule has 84 valence electrons. The Kier molecular flexibility index (Phi) is 4.17. The molecule has 2 N–H and O–H groups in total. The van der Waals surface area contributed by atoms with Gasteiger partial charge in [0.15, 0.2) is 0 Å². The van der Waals surface area contributed by atoms with E-state index in [1.807, 2.05) is 0 Å². The minimum atomic E-state index is -2.45. The van der Waals surface area contributed by atoms with E-state index in [1.54, 1.807) is 7.05 Å². The molecule has 0 atom stereocenters. The van der Waals surface area contributed by atoms with E-state index in [0.29, 0.717) is 5.69 Å². The van der Waals surface area contributed by atoms with Crippen molar-refractivity contribution in [3.05, 3.63) is 12.4 Å². The fourth-order valence-corrected chi connectivity index (χ4v) is 1.04. The maximum atomic E-state index is 12.0. The molecule has 0 bridgehead atoms. The first kappa shape index (κ1) is 11.6. The summed E-state index contributed by atoms with van der Waals surface area (Å²) < 4.78 is 25.0. The van der Waals surface area contributed by atoms with Gasteiger partial charge in [0.25, 0.3) is 6.43 Å². The molecule has 1 heterocycles. The first-order valence-electron chi connectivity index (χ1n) is 4.37. The molecule has 15 heavy (non-hydrogen) atoms. The van der Waals surface area contributed by atoms with E-state index in [9.17, 15) is 13.6 Å². The van der Waals surface area contributed by atoms with Crippen molar-refractivity contribution < 1.29 is 13.6 Å². The van der Waals surface area contributed by atoms with E-state index in [0.717, 1.165) is 4.68 Å². The first-order valence-corrected chi connectivity index (χ1v) is 4.37. The third-order valence-electron chi connectivity index (χ3n) is 1.58. The van der Waals surface area contributed by atoms with Crippen molar-refractivity contribution in [1.82, 2.24) is 15.1 Å². The highest BCUT2D eigenvalue weighted by Gasteiger charge is 2.07. The molecule has 1 aromatic rings. The molecule has 5 nitrogen and oxygen atoms in total. The summed E-state index contributed by atoms with van der Waals surface area (Å²) in [6, 6.07) is 0. The number of amides is 1. The maximum absolute atomic E-state index is 12.0.